The van der Waals surface area contributed by atoms with E-state index in [1.165, 1.54) is 0 Å². The fourth-order valence-corrected chi connectivity index (χ4v) is 4.09. The molecule has 34 heavy (non-hydrogen) atoms. The van der Waals surface area contributed by atoms with Crippen molar-refractivity contribution in [2.24, 2.45) is 0 Å². The highest BCUT2D eigenvalue weighted by molar-refractivity contribution is 9.10. The summed E-state index contributed by atoms with van der Waals surface area (Å²) in [7, 11) is 1.57. The van der Waals surface area contributed by atoms with E-state index >= 15 is 0 Å². The number of hydrogen-bond acceptors (Lipinski definition) is 5. The SMILES string of the molecule is COc1cc(/C=C(\C#N)c2nc3cc(C)c(C)cc3[nH]2)cc(Br)c1OCc1ccc(C#N)cc1. The molecule has 0 atom stereocenters. The van der Waals surface area contributed by atoms with E-state index in [0.29, 0.717) is 39.5 Å². The van der Waals surface area contributed by atoms with Gasteiger partial charge in [0.05, 0.1) is 39.8 Å². The lowest BCUT2D eigenvalue weighted by atomic mass is 10.1. The number of ether oxygens (including phenoxy) is 2. The summed E-state index contributed by atoms with van der Waals surface area (Å²) in [6.07, 6.45) is 1.76. The van der Waals surface area contributed by atoms with Crippen molar-refractivity contribution in [3.63, 3.8) is 0 Å². The number of halogens is 1. The first-order valence-electron chi connectivity index (χ1n) is 10.5. The lowest BCUT2D eigenvalue weighted by Gasteiger charge is -2.14. The van der Waals surface area contributed by atoms with Crippen LogP contribution >= 0.6 is 15.9 Å². The standard InChI is InChI=1S/C27H21BrN4O2/c1-16-8-23-24(9-17(16)2)32-27(31-23)21(14-30)10-20-11-22(28)26(25(12-20)33-3)34-15-19-6-4-18(13-29)5-7-19/h4-12H,15H2,1-3H3,(H,31,32)/b21-10+. The molecule has 0 aliphatic heterocycles. The number of rotatable bonds is 6. The van der Waals surface area contributed by atoms with E-state index in [1.807, 2.05) is 50.2 Å². The van der Waals surface area contributed by atoms with Crippen LogP contribution in [0.3, 0.4) is 0 Å². The van der Waals surface area contributed by atoms with E-state index in [1.54, 1.807) is 25.3 Å². The van der Waals surface area contributed by atoms with Crippen LogP contribution in [0.4, 0.5) is 0 Å². The molecule has 3 aromatic carbocycles. The molecule has 0 radical (unpaired) electrons. The predicted octanol–water partition coefficient (Wildman–Crippen LogP) is 6.47. The minimum atomic E-state index is 0.317. The van der Waals surface area contributed by atoms with Gasteiger partial charge in [0.25, 0.3) is 0 Å². The van der Waals surface area contributed by atoms with Crippen LogP contribution in [-0.4, -0.2) is 17.1 Å². The highest BCUT2D eigenvalue weighted by Gasteiger charge is 2.14. The van der Waals surface area contributed by atoms with Crippen LogP contribution in [0.15, 0.2) is 53.0 Å². The van der Waals surface area contributed by atoms with Crippen molar-refractivity contribution in [2.45, 2.75) is 20.5 Å². The Balaban J connectivity index is 1.63. The molecule has 1 aromatic heterocycles. The van der Waals surface area contributed by atoms with Gasteiger partial charge in [0.15, 0.2) is 11.5 Å². The van der Waals surface area contributed by atoms with Crippen molar-refractivity contribution in [3.8, 4) is 23.6 Å². The molecule has 1 heterocycles. The number of aromatic nitrogens is 2. The Morgan fingerprint density at radius 3 is 2.50 bits per heavy atom. The summed E-state index contributed by atoms with van der Waals surface area (Å²) in [5.74, 6) is 1.60. The Kier molecular flexibility index (Phi) is 6.67. The predicted molar refractivity (Wildman–Crippen MR) is 135 cm³/mol. The van der Waals surface area contributed by atoms with Gasteiger partial charge in [0.2, 0.25) is 0 Å². The van der Waals surface area contributed by atoms with Gasteiger partial charge < -0.3 is 14.5 Å². The molecule has 1 N–H and O–H groups in total. The van der Waals surface area contributed by atoms with Gasteiger partial charge in [-0.15, -0.1) is 0 Å². The van der Waals surface area contributed by atoms with Gasteiger partial charge >= 0.3 is 0 Å². The molecule has 4 rings (SSSR count). The molecule has 0 saturated carbocycles. The number of hydrogen-bond donors (Lipinski definition) is 1. The number of benzene rings is 3. The summed E-state index contributed by atoms with van der Waals surface area (Å²) >= 11 is 3.56. The largest absolute Gasteiger partial charge is 0.493 e. The zero-order valence-electron chi connectivity index (χ0n) is 18.9. The quantitative estimate of drug-likeness (QED) is 0.299. The monoisotopic (exact) mass is 512 g/mol. The van der Waals surface area contributed by atoms with Crippen molar-refractivity contribution in [1.82, 2.24) is 9.97 Å². The zero-order chi connectivity index (χ0) is 24.2. The van der Waals surface area contributed by atoms with Crippen LogP contribution in [0.1, 0.15) is 33.6 Å². The molecule has 0 saturated heterocycles. The Morgan fingerprint density at radius 2 is 1.82 bits per heavy atom. The number of aryl methyl sites for hydroxylation is 2. The molecule has 0 bridgehead atoms. The third-order valence-corrected chi connectivity index (χ3v) is 6.09. The average molecular weight is 513 g/mol. The number of nitrogens with one attached hydrogen (secondary N) is 1. The van der Waals surface area contributed by atoms with E-state index in [9.17, 15) is 5.26 Å². The third kappa shape index (κ3) is 4.80. The van der Waals surface area contributed by atoms with E-state index in [2.05, 4.69) is 38.0 Å². The minimum Gasteiger partial charge on any atom is -0.493 e. The van der Waals surface area contributed by atoms with Crippen molar-refractivity contribution >= 4 is 38.6 Å². The van der Waals surface area contributed by atoms with Crippen molar-refractivity contribution in [3.05, 3.63) is 86.6 Å². The molecule has 168 valence electrons. The van der Waals surface area contributed by atoms with Crippen LogP contribution in [0, 0.1) is 36.5 Å². The van der Waals surface area contributed by atoms with E-state index in [-0.39, 0.29) is 0 Å². The van der Waals surface area contributed by atoms with E-state index in [0.717, 1.165) is 33.3 Å². The van der Waals surface area contributed by atoms with Crippen LogP contribution in [0.2, 0.25) is 0 Å². The van der Waals surface area contributed by atoms with Gasteiger partial charge in [-0.05, 0) is 94.5 Å². The molecule has 0 unspecified atom stereocenters. The summed E-state index contributed by atoms with van der Waals surface area (Å²) < 4.78 is 12.2. The summed E-state index contributed by atoms with van der Waals surface area (Å²) in [4.78, 5) is 7.85. The van der Waals surface area contributed by atoms with Crippen LogP contribution in [-0.2, 0) is 6.61 Å². The summed E-state index contributed by atoms with van der Waals surface area (Å²) in [6.45, 7) is 4.40. The van der Waals surface area contributed by atoms with Crippen molar-refractivity contribution in [2.75, 3.05) is 7.11 Å². The van der Waals surface area contributed by atoms with E-state index < -0.39 is 0 Å². The molecule has 0 aliphatic rings. The molecular weight excluding hydrogens is 492 g/mol. The van der Waals surface area contributed by atoms with E-state index in [4.69, 9.17) is 14.7 Å². The number of H-pyrrole nitrogens is 1. The second kappa shape index (κ2) is 9.82. The van der Waals surface area contributed by atoms with Gasteiger partial charge in [-0.1, -0.05) is 12.1 Å². The second-order valence-electron chi connectivity index (χ2n) is 7.84. The first-order chi connectivity index (χ1) is 16.4. The van der Waals surface area contributed by atoms with Gasteiger partial charge in [-0.25, -0.2) is 4.98 Å². The first kappa shape index (κ1) is 23.1. The molecule has 4 aromatic rings. The summed E-state index contributed by atoms with van der Waals surface area (Å²) in [6, 6.07) is 19.3. The van der Waals surface area contributed by atoms with Crippen LogP contribution in [0.25, 0.3) is 22.7 Å². The van der Waals surface area contributed by atoms with Gasteiger partial charge in [-0.2, -0.15) is 10.5 Å². The number of aromatic amines is 1. The Hall–Kier alpha value is -4.07. The lowest BCUT2D eigenvalue weighted by Crippen LogP contribution is -1.99. The number of fused-ring (bicyclic) bond motifs is 1. The molecule has 0 amide bonds. The number of nitriles is 2. The number of methoxy groups -OCH3 is 1. The smallest absolute Gasteiger partial charge is 0.175 e. The van der Waals surface area contributed by atoms with Gasteiger partial charge in [0.1, 0.15) is 18.5 Å². The van der Waals surface area contributed by atoms with Crippen LogP contribution < -0.4 is 9.47 Å². The van der Waals surface area contributed by atoms with Gasteiger partial charge in [-0.3, -0.25) is 0 Å². The number of allylic oxidation sites excluding steroid dienone is 1. The summed E-state index contributed by atoms with van der Waals surface area (Å²) in [5, 5.41) is 18.8. The molecule has 0 spiro atoms. The van der Waals surface area contributed by atoms with Crippen molar-refractivity contribution in [1.29, 1.82) is 10.5 Å². The molecule has 6 nitrogen and oxygen atoms in total. The Labute approximate surface area is 206 Å². The maximum atomic E-state index is 9.81. The maximum Gasteiger partial charge on any atom is 0.175 e. The molecule has 7 heteroatoms. The highest BCUT2D eigenvalue weighted by atomic mass is 79.9. The minimum absolute atomic E-state index is 0.317. The highest BCUT2D eigenvalue weighted by Crippen LogP contribution is 2.38. The molecular formula is C27H21BrN4O2. The maximum absolute atomic E-state index is 9.81. The lowest BCUT2D eigenvalue weighted by molar-refractivity contribution is 0.282. The topological polar surface area (TPSA) is 94.7 Å². The fourth-order valence-electron chi connectivity index (χ4n) is 3.51. The fraction of sp³-hybridized carbons (Fsp3) is 0.148. The average Bonchev–Trinajstić information content (AvgIpc) is 3.24. The Bertz CT molecular complexity index is 1450. The molecule has 0 aliphatic carbocycles. The summed E-state index contributed by atoms with van der Waals surface area (Å²) in [5.41, 5.74) is 6.73. The first-order valence-corrected chi connectivity index (χ1v) is 11.3. The molecule has 0 fully saturated rings. The normalized spacial score (nSPS) is 11.2. The second-order valence-corrected chi connectivity index (χ2v) is 8.69. The van der Waals surface area contributed by atoms with Crippen molar-refractivity contribution < 1.29 is 9.47 Å². The number of nitrogens with zero attached hydrogens (tertiary/aromatic N) is 3. The van der Waals surface area contributed by atoms with Gasteiger partial charge in [0, 0.05) is 0 Å². The third-order valence-electron chi connectivity index (χ3n) is 5.50. The van der Waals surface area contributed by atoms with Crippen LogP contribution in [0.5, 0.6) is 11.5 Å². The number of imidazole rings is 1. The zero-order valence-corrected chi connectivity index (χ0v) is 20.5. The Morgan fingerprint density at radius 1 is 1.09 bits per heavy atom.